The van der Waals surface area contributed by atoms with Crippen LogP contribution in [0.15, 0.2) is 0 Å². The van der Waals surface area contributed by atoms with Gasteiger partial charge in [-0.05, 0) is 12.8 Å². The van der Waals surface area contributed by atoms with Gasteiger partial charge in [-0.1, -0.05) is 27.7 Å². The molecule has 0 bridgehead atoms. The Balaban J connectivity index is 3.17. The van der Waals surface area contributed by atoms with E-state index in [1.165, 1.54) is 11.3 Å². The van der Waals surface area contributed by atoms with Crippen LogP contribution in [0, 0.1) is 17.2 Å². The molecule has 0 aliphatic rings. The monoisotopic (exact) mass is 279 g/mol. The molecule has 0 saturated carbocycles. The van der Waals surface area contributed by atoms with E-state index in [0.717, 1.165) is 17.8 Å². The van der Waals surface area contributed by atoms with E-state index in [1.807, 2.05) is 13.8 Å². The fourth-order valence-corrected chi connectivity index (χ4v) is 3.02. The van der Waals surface area contributed by atoms with E-state index in [9.17, 15) is 10.1 Å². The molecule has 0 spiro atoms. The van der Waals surface area contributed by atoms with Crippen LogP contribution in [-0.4, -0.2) is 11.8 Å². The number of nitrogens with two attached hydrogens (primary N) is 1. The number of ketones is 1. The summed E-state index contributed by atoms with van der Waals surface area (Å²) in [7, 11) is 0. The largest absolute Gasteiger partial charge is 0.396 e. The summed E-state index contributed by atoms with van der Waals surface area (Å²) < 4.78 is 0. The van der Waals surface area contributed by atoms with Crippen molar-refractivity contribution < 1.29 is 4.79 Å². The third kappa shape index (κ3) is 3.27. The summed E-state index contributed by atoms with van der Waals surface area (Å²) in [5.41, 5.74) is 6.66. The van der Waals surface area contributed by atoms with Crippen LogP contribution in [0.4, 0.5) is 10.7 Å². The molecule has 0 fully saturated rings. The highest BCUT2D eigenvalue weighted by molar-refractivity contribution is 7.19. The van der Waals surface area contributed by atoms with Crippen LogP contribution in [0.5, 0.6) is 0 Å². The van der Waals surface area contributed by atoms with Crippen LogP contribution in [0.25, 0.3) is 0 Å². The Morgan fingerprint density at radius 2 is 2.00 bits per heavy atom. The number of nitriles is 1. The van der Waals surface area contributed by atoms with E-state index in [-0.39, 0.29) is 11.7 Å². The van der Waals surface area contributed by atoms with Crippen LogP contribution in [0.2, 0.25) is 0 Å². The molecule has 5 heteroatoms. The molecular formula is C14H21N3OS. The maximum atomic E-state index is 12.1. The molecule has 0 aromatic carbocycles. The van der Waals surface area contributed by atoms with Crippen LogP contribution >= 0.6 is 11.3 Å². The van der Waals surface area contributed by atoms with E-state index < -0.39 is 0 Å². The zero-order valence-corrected chi connectivity index (χ0v) is 12.7. The molecule has 0 radical (unpaired) electrons. The highest BCUT2D eigenvalue weighted by Gasteiger charge is 2.23. The number of hydrogen-bond acceptors (Lipinski definition) is 5. The van der Waals surface area contributed by atoms with Gasteiger partial charge in [-0.2, -0.15) is 5.26 Å². The second-order valence-electron chi connectivity index (χ2n) is 4.84. The fraction of sp³-hybridized carbons (Fsp3) is 0.571. The van der Waals surface area contributed by atoms with Gasteiger partial charge in [0.25, 0.3) is 0 Å². The Morgan fingerprint density at radius 3 is 2.42 bits per heavy atom. The average molecular weight is 279 g/mol. The van der Waals surface area contributed by atoms with Crippen molar-refractivity contribution in [2.45, 2.75) is 46.6 Å². The number of anilines is 2. The van der Waals surface area contributed by atoms with Gasteiger partial charge in [-0.15, -0.1) is 11.3 Å². The summed E-state index contributed by atoms with van der Waals surface area (Å²) in [6, 6.07) is 2.40. The highest BCUT2D eigenvalue weighted by Crippen LogP contribution is 2.37. The number of hydrogen-bond donors (Lipinski definition) is 2. The third-order valence-corrected chi connectivity index (χ3v) is 4.28. The summed E-state index contributed by atoms with van der Waals surface area (Å²) in [5, 5.41) is 13.3. The zero-order chi connectivity index (χ0) is 14.6. The van der Waals surface area contributed by atoms with Gasteiger partial charge >= 0.3 is 0 Å². The predicted octanol–water partition coefficient (Wildman–Crippen LogP) is 3.64. The van der Waals surface area contributed by atoms with Gasteiger partial charge in [-0.25, -0.2) is 0 Å². The number of thiophene rings is 1. The fourth-order valence-electron chi connectivity index (χ4n) is 1.78. The number of nitrogens with zero attached hydrogens (tertiary/aromatic N) is 1. The van der Waals surface area contributed by atoms with Crippen molar-refractivity contribution in [2.75, 3.05) is 11.1 Å². The molecule has 104 valence electrons. The molecule has 0 unspecified atom stereocenters. The van der Waals surface area contributed by atoms with Crippen molar-refractivity contribution in [3.05, 3.63) is 10.4 Å². The topological polar surface area (TPSA) is 78.9 Å². The Bertz CT molecular complexity index is 496. The Kier molecular flexibility index (Phi) is 5.37. The maximum Gasteiger partial charge on any atom is 0.177 e. The standard InChI is InChI=1S/C14H21N3OS/c1-5-9(6-2)17-14-10(7-15)11(16)13(19-14)12(18)8(3)4/h8-9,17H,5-6,16H2,1-4H3. The van der Waals surface area contributed by atoms with Gasteiger partial charge in [0.05, 0.1) is 10.6 Å². The lowest BCUT2D eigenvalue weighted by molar-refractivity contribution is 0.0944. The normalized spacial score (nSPS) is 10.8. The molecule has 0 aliphatic heterocycles. The van der Waals surface area contributed by atoms with E-state index in [1.54, 1.807) is 0 Å². The summed E-state index contributed by atoms with van der Waals surface area (Å²) in [5.74, 6) is -0.120. The lowest BCUT2D eigenvalue weighted by atomic mass is 10.1. The lowest BCUT2D eigenvalue weighted by Crippen LogP contribution is -2.16. The maximum absolute atomic E-state index is 12.1. The molecular weight excluding hydrogens is 258 g/mol. The quantitative estimate of drug-likeness (QED) is 0.779. The van der Waals surface area contributed by atoms with Crippen molar-refractivity contribution in [2.24, 2.45) is 5.92 Å². The molecule has 0 aliphatic carbocycles. The van der Waals surface area contributed by atoms with Gasteiger partial charge < -0.3 is 11.1 Å². The molecule has 1 aromatic heterocycles. The molecule has 0 atom stereocenters. The zero-order valence-electron chi connectivity index (χ0n) is 11.9. The minimum atomic E-state index is -0.117. The lowest BCUT2D eigenvalue weighted by Gasteiger charge is -2.14. The average Bonchev–Trinajstić information content (AvgIpc) is 2.70. The first-order chi connectivity index (χ1) is 8.96. The minimum Gasteiger partial charge on any atom is -0.396 e. The first-order valence-corrected chi connectivity index (χ1v) is 7.40. The van der Waals surface area contributed by atoms with Crippen molar-refractivity contribution in [3.63, 3.8) is 0 Å². The van der Waals surface area contributed by atoms with Crippen molar-refractivity contribution >= 4 is 27.8 Å². The van der Waals surface area contributed by atoms with Gasteiger partial charge in [0.2, 0.25) is 0 Å². The third-order valence-electron chi connectivity index (χ3n) is 3.13. The summed E-state index contributed by atoms with van der Waals surface area (Å²) in [6.07, 6.45) is 1.93. The molecule has 0 amide bonds. The summed E-state index contributed by atoms with van der Waals surface area (Å²) in [6.45, 7) is 7.85. The number of Topliss-reactive ketones (excluding diaryl/α,β-unsaturated/α-hetero) is 1. The van der Waals surface area contributed by atoms with Gasteiger partial charge in [0.15, 0.2) is 5.78 Å². The van der Waals surface area contributed by atoms with Gasteiger partial charge in [-0.3, -0.25) is 4.79 Å². The van der Waals surface area contributed by atoms with E-state index in [4.69, 9.17) is 5.73 Å². The van der Waals surface area contributed by atoms with Crippen LogP contribution in [0.1, 0.15) is 55.8 Å². The molecule has 4 nitrogen and oxygen atoms in total. The van der Waals surface area contributed by atoms with E-state index in [0.29, 0.717) is 22.2 Å². The summed E-state index contributed by atoms with van der Waals surface area (Å²) in [4.78, 5) is 12.6. The van der Waals surface area contributed by atoms with Crippen LogP contribution in [-0.2, 0) is 0 Å². The number of nitrogens with one attached hydrogen (secondary N) is 1. The Hall–Kier alpha value is -1.54. The molecule has 0 saturated heterocycles. The second kappa shape index (κ2) is 6.58. The smallest absolute Gasteiger partial charge is 0.177 e. The molecule has 1 rings (SSSR count). The second-order valence-corrected chi connectivity index (χ2v) is 5.86. The Morgan fingerprint density at radius 1 is 1.42 bits per heavy atom. The Labute approximate surface area is 118 Å². The van der Waals surface area contributed by atoms with Crippen LogP contribution < -0.4 is 11.1 Å². The highest BCUT2D eigenvalue weighted by atomic mass is 32.1. The summed E-state index contributed by atoms with van der Waals surface area (Å²) >= 11 is 1.30. The SMILES string of the molecule is CCC(CC)Nc1sc(C(=O)C(C)C)c(N)c1C#N. The van der Waals surface area contributed by atoms with Crippen molar-refractivity contribution in [3.8, 4) is 6.07 Å². The molecule has 1 aromatic rings. The molecule has 19 heavy (non-hydrogen) atoms. The van der Waals surface area contributed by atoms with Crippen molar-refractivity contribution in [1.82, 2.24) is 0 Å². The minimum absolute atomic E-state index is 0.00315. The van der Waals surface area contributed by atoms with E-state index >= 15 is 0 Å². The van der Waals surface area contributed by atoms with Gasteiger partial charge in [0, 0.05) is 12.0 Å². The number of rotatable bonds is 6. The molecule has 3 N–H and O–H groups in total. The molecule has 1 heterocycles. The van der Waals surface area contributed by atoms with E-state index in [2.05, 4.69) is 25.2 Å². The van der Waals surface area contributed by atoms with Gasteiger partial charge in [0.1, 0.15) is 16.6 Å². The van der Waals surface area contributed by atoms with Crippen molar-refractivity contribution in [1.29, 1.82) is 5.26 Å². The number of carbonyl (C=O) groups excluding carboxylic acids is 1. The number of carbonyl (C=O) groups is 1. The number of nitrogen functional groups attached to an aromatic ring is 1. The first kappa shape index (κ1) is 15.5. The predicted molar refractivity (Wildman–Crippen MR) is 80.6 cm³/mol. The first-order valence-electron chi connectivity index (χ1n) is 6.59. The van der Waals surface area contributed by atoms with Crippen LogP contribution in [0.3, 0.4) is 0 Å².